The molecule has 3 unspecified atom stereocenters. The van der Waals surface area contributed by atoms with Crippen LogP contribution < -0.4 is 5.32 Å². The minimum Gasteiger partial charge on any atom is -0.378 e. The van der Waals surface area contributed by atoms with E-state index in [4.69, 9.17) is 4.74 Å². The van der Waals surface area contributed by atoms with Crippen LogP contribution in [0.3, 0.4) is 0 Å². The van der Waals surface area contributed by atoms with Gasteiger partial charge in [0.05, 0.1) is 6.10 Å². The van der Waals surface area contributed by atoms with E-state index in [0.29, 0.717) is 5.92 Å². The molecule has 1 fully saturated rings. The third-order valence-electron chi connectivity index (χ3n) is 3.41. The SMILES string of the molecule is CNC(c1ccccc1F)C1CCOC1C. The van der Waals surface area contributed by atoms with Gasteiger partial charge in [-0.3, -0.25) is 0 Å². The van der Waals surface area contributed by atoms with Gasteiger partial charge in [-0.2, -0.15) is 0 Å². The average molecular weight is 223 g/mol. The Bertz CT molecular complexity index is 356. The third-order valence-corrected chi connectivity index (χ3v) is 3.41. The second-order valence-electron chi connectivity index (χ2n) is 4.32. The van der Waals surface area contributed by atoms with Crippen LogP contribution in [0.5, 0.6) is 0 Å². The largest absolute Gasteiger partial charge is 0.378 e. The van der Waals surface area contributed by atoms with Crippen LogP contribution in [-0.2, 0) is 4.74 Å². The van der Waals surface area contributed by atoms with Crippen LogP contribution >= 0.6 is 0 Å². The Balaban J connectivity index is 2.25. The molecule has 88 valence electrons. The fourth-order valence-electron chi connectivity index (χ4n) is 2.51. The molecule has 1 aliphatic heterocycles. The van der Waals surface area contributed by atoms with Crippen LogP contribution in [0.1, 0.15) is 24.9 Å². The summed E-state index contributed by atoms with van der Waals surface area (Å²) >= 11 is 0. The van der Waals surface area contributed by atoms with Crippen molar-refractivity contribution >= 4 is 0 Å². The van der Waals surface area contributed by atoms with Crippen molar-refractivity contribution < 1.29 is 9.13 Å². The van der Waals surface area contributed by atoms with Crippen molar-refractivity contribution in [3.05, 3.63) is 35.6 Å². The number of ether oxygens (including phenoxy) is 1. The molecule has 1 heterocycles. The van der Waals surface area contributed by atoms with Crippen LogP contribution in [0.25, 0.3) is 0 Å². The van der Waals surface area contributed by atoms with Crippen molar-refractivity contribution in [2.75, 3.05) is 13.7 Å². The van der Waals surface area contributed by atoms with E-state index < -0.39 is 0 Å². The molecular weight excluding hydrogens is 205 g/mol. The van der Waals surface area contributed by atoms with Gasteiger partial charge in [0, 0.05) is 24.1 Å². The molecule has 1 N–H and O–H groups in total. The summed E-state index contributed by atoms with van der Waals surface area (Å²) < 4.78 is 19.3. The second-order valence-corrected chi connectivity index (χ2v) is 4.32. The maximum atomic E-state index is 13.7. The number of rotatable bonds is 3. The van der Waals surface area contributed by atoms with E-state index in [-0.39, 0.29) is 18.0 Å². The topological polar surface area (TPSA) is 21.3 Å². The van der Waals surface area contributed by atoms with E-state index in [0.717, 1.165) is 18.6 Å². The first-order valence-corrected chi connectivity index (χ1v) is 5.77. The van der Waals surface area contributed by atoms with Gasteiger partial charge in [0.2, 0.25) is 0 Å². The molecule has 2 nitrogen and oxygen atoms in total. The molecule has 0 radical (unpaired) electrons. The molecule has 0 saturated carbocycles. The van der Waals surface area contributed by atoms with Gasteiger partial charge in [-0.25, -0.2) is 4.39 Å². The van der Waals surface area contributed by atoms with Crippen LogP contribution in [0.15, 0.2) is 24.3 Å². The summed E-state index contributed by atoms with van der Waals surface area (Å²) in [4.78, 5) is 0. The molecule has 0 spiro atoms. The number of hydrogen-bond acceptors (Lipinski definition) is 2. The lowest BCUT2D eigenvalue weighted by atomic mass is 9.88. The summed E-state index contributed by atoms with van der Waals surface area (Å²) in [5, 5.41) is 3.21. The predicted molar refractivity (Wildman–Crippen MR) is 61.7 cm³/mol. The Hall–Kier alpha value is -0.930. The molecule has 1 aromatic rings. The Morgan fingerprint density at radius 1 is 1.44 bits per heavy atom. The van der Waals surface area contributed by atoms with Gasteiger partial charge >= 0.3 is 0 Å². The summed E-state index contributed by atoms with van der Waals surface area (Å²) in [7, 11) is 1.88. The quantitative estimate of drug-likeness (QED) is 0.850. The average Bonchev–Trinajstić information content (AvgIpc) is 2.69. The predicted octanol–water partition coefficient (Wildman–Crippen LogP) is 2.51. The molecular formula is C13H18FNO. The fraction of sp³-hybridized carbons (Fsp3) is 0.538. The van der Waals surface area contributed by atoms with E-state index in [2.05, 4.69) is 12.2 Å². The van der Waals surface area contributed by atoms with Gasteiger partial charge < -0.3 is 10.1 Å². The summed E-state index contributed by atoms with van der Waals surface area (Å²) in [6, 6.07) is 7.00. The zero-order chi connectivity index (χ0) is 11.5. The summed E-state index contributed by atoms with van der Waals surface area (Å²) in [5.41, 5.74) is 0.743. The first-order valence-electron chi connectivity index (χ1n) is 5.77. The third kappa shape index (κ3) is 2.11. The molecule has 0 aliphatic carbocycles. The Morgan fingerprint density at radius 3 is 2.75 bits per heavy atom. The van der Waals surface area contributed by atoms with Gasteiger partial charge in [0.15, 0.2) is 0 Å². The minimum absolute atomic E-state index is 0.0405. The Morgan fingerprint density at radius 2 is 2.19 bits per heavy atom. The second kappa shape index (κ2) is 4.93. The number of hydrogen-bond donors (Lipinski definition) is 1. The molecule has 1 aliphatic rings. The summed E-state index contributed by atoms with van der Waals surface area (Å²) in [6.45, 7) is 2.83. The first-order chi connectivity index (χ1) is 7.74. The molecule has 1 saturated heterocycles. The van der Waals surface area contributed by atoms with Crippen LogP contribution in [0.4, 0.5) is 4.39 Å². The van der Waals surface area contributed by atoms with Crippen LogP contribution in [0, 0.1) is 11.7 Å². The molecule has 2 rings (SSSR count). The fourth-order valence-corrected chi connectivity index (χ4v) is 2.51. The molecule has 0 aromatic heterocycles. The van der Waals surface area contributed by atoms with Gasteiger partial charge in [-0.1, -0.05) is 18.2 Å². The Labute approximate surface area is 95.8 Å². The van der Waals surface area contributed by atoms with Crippen molar-refractivity contribution in [1.82, 2.24) is 5.32 Å². The van der Waals surface area contributed by atoms with Gasteiger partial charge in [-0.15, -0.1) is 0 Å². The zero-order valence-electron chi connectivity index (χ0n) is 9.74. The van der Waals surface area contributed by atoms with Crippen molar-refractivity contribution in [3.63, 3.8) is 0 Å². The monoisotopic (exact) mass is 223 g/mol. The highest BCUT2D eigenvalue weighted by Gasteiger charge is 2.32. The zero-order valence-corrected chi connectivity index (χ0v) is 9.74. The molecule has 0 amide bonds. The summed E-state index contributed by atoms with van der Waals surface area (Å²) in [5.74, 6) is 0.211. The standard InChI is InChI=1S/C13H18FNO/c1-9-10(7-8-16-9)13(15-2)11-5-3-4-6-12(11)14/h3-6,9-10,13,15H,7-8H2,1-2H3. The smallest absolute Gasteiger partial charge is 0.127 e. The number of benzene rings is 1. The summed E-state index contributed by atoms with van der Waals surface area (Å²) in [6.07, 6.45) is 1.18. The Kier molecular flexibility index (Phi) is 3.56. The highest BCUT2D eigenvalue weighted by molar-refractivity contribution is 5.22. The number of halogens is 1. The molecule has 3 atom stereocenters. The van der Waals surface area contributed by atoms with E-state index >= 15 is 0 Å². The molecule has 1 aromatic carbocycles. The first kappa shape index (κ1) is 11.6. The lowest BCUT2D eigenvalue weighted by molar-refractivity contribution is 0.0959. The lowest BCUT2D eigenvalue weighted by Gasteiger charge is -2.26. The highest BCUT2D eigenvalue weighted by atomic mass is 19.1. The maximum Gasteiger partial charge on any atom is 0.127 e. The van der Waals surface area contributed by atoms with Crippen LogP contribution in [-0.4, -0.2) is 19.8 Å². The van der Waals surface area contributed by atoms with Crippen molar-refractivity contribution in [3.8, 4) is 0 Å². The molecule has 0 bridgehead atoms. The van der Waals surface area contributed by atoms with Crippen molar-refractivity contribution in [2.45, 2.75) is 25.5 Å². The maximum absolute atomic E-state index is 13.7. The van der Waals surface area contributed by atoms with Crippen molar-refractivity contribution in [1.29, 1.82) is 0 Å². The molecule has 16 heavy (non-hydrogen) atoms. The molecule has 3 heteroatoms. The lowest BCUT2D eigenvalue weighted by Crippen LogP contribution is -2.30. The van der Waals surface area contributed by atoms with Crippen LogP contribution in [0.2, 0.25) is 0 Å². The highest BCUT2D eigenvalue weighted by Crippen LogP contribution is 2.33. The van der Waals surface area contributed by atoms with E-state index in [1.54, 1.807) is 6.07 Å². The minimum atomic E-state index is -0.138. The number of nitrogens with one attached hydrogen (secondary N) is 1. The van der Waals surface area contributed by atoms with E-state index in [9.17, 15) is 4.39 Å². The van der Waals surface area contributed by atoms with Gasteiger partial charge in [-0.05, 0) is 26.5 Å². The normalized spacial score (nSPS) is 26.9. The van der Waals surface area contributed by atoms with E-state index in [1.165, 1.54) is 6.07 Å². The van der Waals surface area contributed by atoms with Gasteiger partial charge in [0.25, 0.3) is 0 Å². The van der Waals surface area contributed by atoms with E-state index in [1.807, 2.05) is 19.2 Å². The van der Waals surface area contributed by atoms with Gasteiger partial charge in [0.1, 0.15) is 5.82 Å². The van der Waals surface area contributed by atoms with Crippen molar-refractivity contribution in [2.24, 2.45) is 5.92 Å².